The molecule has 0 aromatic rings. The molecule has 3 heteroatoms. The zero-order chi connectivity index (χ0) is 8.85. The van der Waals surface area contributed by atoms with E-state index in [-0.39, 0.29) is 5.91 Å². The van der Waals surface area contributed by atoms with E-state index >= 15 is 0 Å². The molecule has 0 rings (SSSR count). The fourth-order valence-corrected chi connectivity index (χ4v) is 0.819. The summed E-state index contributed by atoms with van der Waals surface area (Å²) in [6.45, 7) is 4.55. The predicted octanol–water partition coefficient (Wildman–Crippen LogP) is 0.592. The summed E-state index contributed by atoms with van der Waals surface area (Å²) in [6, 6.07) is 0.328. The molecule has 0 aliphatic carbocycles. The highest BCUT2D eigenvalue weighted by Gasteiger charge is 2.11. The van der Waals surface area contributed by atoms with Crippen LogP contribution < -0.4 is 5.73 Å². The normalized spacial score (nSPS) is 12.7. The Labute approximate surface area is 68.6 Å². The average molecular weight is 158 g/mol. The van der Waals surface area contributed by atoms with E-state index in [2.05, 4.69) is 6.92 Å². The van der Waals surface area contributed by atoms with E-state index in [1.807, 2.05) is 14.0 Å². The average Bonchev–Trinajstić information content (AvgIpc) is 2.02. The number of nitrogens with zero attached hydrogens (tertiary/aromatic N) is 1. The summed E-state index contributed by atoms with van der Waals surface area (Å²) in [5.74, 6) is 0.141. The first kappa shape index (κ1) is 10.4. The topological polar surface area (TPSA) is 46.3 Å². The SMILES string of the molecule is CCC(C)N(C)C(=O)CCN. The summed E-state index contributed by atoms with van der Waals surface area (Å²) in [4.78, 5) is 12.9. The first-order chi connectivity index (χ1) is 5.13. The lowest BCUT2D eigenvalue weighted by molar-refractivity contribution is -0.131. The second-order valence-electron chi connectivity index (χ2n) is 2.80. The second-order valence-corrected chi connectivity index (χ2v) is 2.80. The van der Waals surface area contributed by atoms with Gasteiger partial charge in [0.2, 0.25) is 5.91 Å². The Bertz CT molecular complexity index is 125. The largest absolute Gasteiger partial charge is 0.343 e. The van der Waals surface area contributed by atoms with Crippen molar-refractivity contribution >= 4 is 5.91 Å². The molecule has 3 nitrogen and oxygen atoms in total. The van der Waals surface area contributed by atoms with Gasteiger partial charge in [-0.3, -0.25) is 4.79 Å². The van der Waals surface area contributed by atoms with Crippen LogP contribution in [0.4, 0.5) is 0 Å². The summed E-state index contributed by atoms with van der Waals surface area (Å²) in [5.41, 5.74) is 5.26. The fraction of sp³-hybridized carbons (Fsp3) is 0.875. The predicted molar refractivity (Wildman–Crippen MR) is 46.2 cm³/mol. The molecule has 0 spiro atoms. The molecule has 0 fully saturated rings. The van der Waals surface area contributed by atoms with Crippen molar-refractivity contribution in [2.45, 2.75) is 32.7 Å². The highest BCUT2D eigenvalue weighted by Crippen LogP contribution is 2.01. The quantitative estimate of drug-likeness (QED) is 0.651. The number of rotatable bonds is 4. The van der Waals surface area contributed by atoms with E-state index in [0.717, 1.165) is 6.42 Å². The van der Waals surface area contributed by atoms with E-state index in [9.17, 15) is 4.79 Å². The maximum absolute atomic E-state index is 11.2. The maximum Gasteiger partial charge on any atom is 0.223 e. The van der Waals surface area contributed by atoms with Gasteiger partial charge in [-0.15, -0.1) is 0 Å². The Hall–Kier alpha value is -0.570. The highest BCUT2D eigenvalue weighted by molar-refractivity contribution is 5.76. The third-order valence-electron chi connectivity index (χ3n) is 2.00. The van der Waals surface area contributed by atoms with Gasteiger partial charge >= 0.3 is 0 Å². The van der Waals surface area contributed by atoms with Crippen LogP contribution in [-0.2, 0) is 4.79 Å². The molecular formula is C8H18N2O. The highest BCUT2D eigenvalue weighted by atomic mass is 16.2. The third kappa shape index (κ3) is 3.37. The molecule has 0 aliphatic rings. The molecule has 11 heavy (non-hydrogen) atoms. The lowest BCUT2D eigenvalue weighted by Crippen LogP contribution is -2.35. The van der Waals surface area contributed by atoms with Crippen molar-refractivity contribution in [1.29, 1.82) is 0 Å². The van der Waals surface area contributed by atoms with Crippen LogP contribution in [0, 0.1) is 0 Å². The minimum absolute atomic E-state index is 0.141. The van der Waals surface area contributed by atoms with Crippen LogP contribution in [0.5, 0.6) is 0 Å². The van der Waals surface area contributed by atoms with E-state index in [1.165, 1.54) is 0 Å². The molecule has 0 aromatic carbocycles. The van der Waals surface area contributed by atoms with Crippen molar-refractivity contribution in [3.8, 4) is 0 Å². The van der Waals surface area contributed by atoms with Gasteiger partial charge in [-0.1, -0.05) is 6.92 Å². The summed E-state index contributed by atoms with van der Waals surface area (Å²) in [5, 5.41) is 0. The van der Waals surface area contributed by atoms with Crippen LogP contribution in [0.1, 0.15) is 26.7 Å². The Morgan fingerprint density at radius 1 is 1.64 bits per heavy atom. The van der Waals surface area contributed by atoms with E-state index < -0.39 is 0 Å². The molecule has 0 bridgehead atoms. The van der Waals surface area contributed by atoms with Gasteiger partial charge in [-0.25, -0.2) is 0 Å². The number of carbonyl (C=O) groups excluding carboxylic acids is 1. The third-order valence-corrected chi connectivity index (χ3v) is 2.00. The van der Waals surface area contributed by atoms with Crippen LogP contribution in [0.25, 0.3) is 0 Å². The molecular weight excluding hydrogens is 140 g/mol. The molecule has 0 saturated heterocycles. The van der Waals surface area contributed by atoms with Crippen molar-refractivity contribution in [2.24, 2.45) is 5.73 Å². The molecule has 0 radical (unpaired) electrons. The van der Waals surface area contributed by atoms with Gasteiger partial charge < -0.3 is 10.6 Å². The molecule has 66 valence electrons. The lowest BCUT2D eigenvalue weighted by atomic mass is 10.2. The molecule has 1 atom stereocenters. The Morgan fingerprint density at radius 2 is 2.18 bits per heavy atom. The van der Waals surface area contributed by atoms with Gasteiger partial charge in [-0.05, 0) is 13.3 Å². The summed E-state index contributed by atoms with van der Waals surface area (Å²) in [7, 11) is 1.83. The summed E-state index contributed by atoms with van der Waals surface area (Å²) in [6.07, 6.45) is 1.45. The molecule has 0 heterocycles. The van der Waals surface area contributed by atoms with Crippen LogP contribution in [0.2, 0.25) is 0 Å². The molecule has 0 aromatic heterocycles. The number of hydrogen-bond acceptors (Lipinski definition) is 2. The molecule has 1 amide bonds. The first-order valence-corrected chi connectivity index (χ1v) is 4.09. The van der Waals surface area contributed by atoms with Crippen molar-refractivity contribution in [3.63, 3.8) is 0 Å². The van der Waals surface area contributed by atoms with E-state index in [4.69, 9.17) is 5.73 Å². The zero-order valence-corrected chi connectivity index (χ0v) is 7.63. The van der Waals surface area contributed by atoms with Gasteiger partial charge in [0.05, 0.1) is 0 Å². The van der Waals surface area contributed by atoms with Crippen LogP contribution in [-0.4, -0.2) is 30.4 Å². The zero-order valence-electron chi connectivity index (χ0n) is 7.63. The van der Waals surface area contributed by atoms with Crippen LogP contribution in [0.15, 0.2) is 0 Å². The number of hydrogen-bond donors (Lipinski definition) is 1. The summed E-state index contributed by atoms with van der Waals surface area (Å²) < 4.78 is 0. The number of nitrogens with two attached hydrogens (primary N) is 1. The van der Waals surface area contributed by atoms with Crippen molar-refractivity contribution in [2.75, 3.05) is 13.6 Å². The molecule has 0 aliphatic heterocycles. The first-order valence-electron chi connectivity index (χ1n) is 4.09. The molecule has 2 N–H and O–H groups in total. The van der Waals surface area contributed by atoms with Gasteiger partial charge in [0.25, 0.3) is 0 Å². The van der Waals surface area contributed by atoms with Gasteiger partial charge in [0.1, 0.15) is 0 Å². The van der Waals surface area contributed by atoms with Crippen molar-refractivity contribution in [3.05, 3.63) is 0 Å². The minimum Gasteiger partial charge on any atom is -0.343 e. The Kier molecular flexibility index (Phi) is 4.86. The Balaban J connectivity index is 3.80. The summed E-state index contributed by atoms with van der Waals surface area (Å²) >= 11 is 0. The lowest BCUT2D eigenvalue weighted by Gasteiger charge is -2.23. The van der Waals surface area contributed by atoms with E-state index in [0.29, 0.717) is 19.0 Å². The smallest absolute Gasteiger partial charge is 0.223 e. The van der Waals surface area contributed by atoms with Crippen LogP contribution in [0.3, 0.4) is 0 Å². The maximum atomic E-state index is 11.2. The van der Waals surface area contributed by atoms with E-state index in [1.54, 1.807) is 4.90 Å². The van der Waals surface area contributed by atoms with Crippen molar-refractivity contribution in [1.82, 2.24) is 4.90 Å². The standard InChI is InChI=1S/C8H18N2O/c1-4-7(2)10(3)8(11)5-6-9/h7H,4-6,9H2,1-3H3. The van der Waals surface area contributed by atoms with Gasteiger partial charge in [0, 0.05) is 26.1 Å². The minimum atomic E-state index is 0.141. The molecule has 0 saturated carbocycles. The second kappa shape index (κ2) is 5.13. The fourth-order valence-electron chi connectivity index (χ4n) is 0.819. The Morgan fingerprint density at radius 3 is 2.55 bits per heavy atom. The monoisotopic (exact) mass is 158 g/mol. The van der Waals surface area contributed by atoms with Crippen LogP contribution >= 0.6 is 0 Å². The molecule has 1 unspecified atom stereocenters. The number of amides is 1. The number of carbonyl (C=O) groups is 1. The van der Waals surface area contributed by atoms with Crippen molar-refractivity contribution < 1.29 is 4.79 Å². The van der Waals surface area contributed by atoms with Gasteiger partial charge in [0.15, 0.2) is 0 Å². The van der Waals surface area contributed by atoms with Gasteiger partial charge in [-0.2, -0.15) is 0 Å².